The van der Waals surface area contributed by atoms with Crippen LogP contribution in [0.2, 0.25) is 0 Å². The van der Waals surface area contributed by atoms with Crippen molar-refractivity contribution in [1.82, 2.24) is 5.16 Å². The molecule has 5 heteroatoms. The van der Waals surface area contributed by atoms with Gasteiger partial charge in [-0.25, -0.2) is 0 Å². The second-order valence-corrected chi connectivity index (χ2v) is 6.99. The van der Waals surface area contributed by atoms with Gasteiger partial charge in [-0.05, 0) is 49.9 Å². The molecule has 5 rings (SSSR count). The molecule has 1 fully saturated rings. The van der Waals surface area contributed by atoms with Crippen LogP contribution in [0, 0.1) is 0 Å². The van der Waals surface area contributed by atoms with Crippen LogP contribution in [-0.4, -0.2) is 17.1 Å². The largest absolute Gasteiger partial charge is 0.461 e. The molecular weight excluding hydrogens is 316 g/mol. The first kappa shape index (κ1) is 14.5. The Labute approximate surface area is 145 Å². The van der Waals surface area contributed by atoms with Crippen LogP contribution in [0.25, 0.3) is 11.5 Å². The van der Waals surface area contributed by atoms with E-state index in [0.29, 0.717) is 17.2 Å². The van der Waals surface area contributed by atoms with Gasteiger partial charge in [0.05, 0.1) is 17.4 Å². The first-order chi connectivity index (χ1) is 12.2. The normalized spacial score (nSPS) is 20.5. The predicted molar refractivity (Wildman–Crippen MR) is 92.2 cm³/mol. The van der Waals surface area contributed by atoms with E-state index >= 15 is 0 Å². The molecule has 1 saturated carbocycles. The Hall–Kier alpha value is -2.82. The first-order valence-electron chi connectivity index (χ1n) is 8.62. The minimum absolute atomic E-state index is 0.129. The summed E-state index contributed by atoms with van der Waals surface area (Å²) in [5.74, 6) is 1.32. The van der Waals surface area contributed by atoms with Crippen LogP contribution in [0.1, 0.15) is 31.0 Å². The number of fused-ring (bicyclic) bond motifs is 1. The number of carbonyl (C=O) groups excluding carboxylic acids is 1. The van der Waals surface area contributed by atoms with Crippen molar-refractivity contribution in [3.8, 4) is 11.5 Å². The third-order valence-electron chi connectivity index (χ3n) is 5.35. The summed E-state index contributed by atoms with van der Waals surface area (Å²) < 4.78 is 10.8. The van der Waals surface area contributed by atoms with E-state index in [0.717, 1.165) is 24.9 Å². The molecule has 1 unspecified atom stereocenters. The fraction of sp³-hybridized carbons (Fsp3) is 0.300. The maximum atomic E-state index is 13.4. The van der Waals surface area contributed by atoms with E-state index in [1.807, 2.05) is 35.2 Å². The molecule has 2 aliphatic rings. The van der Waals surface area contributed by atoms with Gasteiger partial charge in [-0.1, -0.05) is 23.4 Å². The molecule has 0 N–H and O–H groups in total. The standard InChI is InChI=1S/C20H18N2O3/c1-13-11-14-5-2-3-6-15(14)22(13)19(23)20(8-9-20)18-12-17(25-21-18)16-7-4-10-24-16/h2-7,10,12-13H,8-9,11H2,1H3. The van der Waals surface area contributed by atoms with E-state index < -0.39 is 5.41 Å². The maximum Gasteiger partial charge on any atom is 0.239 e. The molecule has 1 aromatic carbocycles. The van der Waals surface area contributed by atoms with Gasteiger partial charge in [0.25, 0.3) is 0 Å². The van der Waals surface area contributed by atoms with E-state index in [2.05, 4.69) is 18.1 Å². The van der Waals surface area contributed by atoms with Gasteiger partial charge in [0.1, 0.15) is 0 Å². The molecule has 1 amide bonds. The van der Waals surface area contributed by atoms with Gasteiger partial charge in [-0.15, -0.1) is 0 Å². The van der Waals surface area contributed by atoms with Crippen molar-refractivity contribution in [3.63, 3.8) is 0 Å². The van der Waals surface area contributed by atoms with Crippen molar-refractivity contribution in [2.45, 2.75) is 37.6 Å². The Bertz CT molecular complexity index is 938. The van der Waals surface area contributed by atoms with E-state index in [9.17, 15) is 4.79 Å². The SMILES string of the molecule is CC1Cc2ccccc2N1C(=O)C1(c2cc(-c3ccco3)on2)CC1. The Kier molecular flexibility index (Phi) is 2.95. The van der Waals surface area contributed by atoms with Gasteiger partial charge in [0.15, 0.2) is 5.76 Å². The van der Waals surface area contributed by atoms with Crippen LogP contribution < -0.4 is 4.90 Å². The van der Waals surface area contributed by atoms with Crippen LogP contribution in [0.5, 0.6) is 0 Å². The van der Waals surface area contributed by atoms with Gasteiger partial charge < -0.3 is 13.8 Å². The number of aromatic nitrogens is 1. The van der Waals surface area contributed by atoms with Gasteiger partial charge in [0.2, 0.25) is 11.7 Å². The fourth-order valence-electron chi connectivity index (χ4n) is 3.85. The quantitative estimate of drug-likeness (QED) is 0.728. The van der Waals surface area contributed by atoms with Crippen molar-refractivity contribution in [3.05, 3.63) is 60.0 Å². The number of furan rings is 1. The number of hydrogen-bond donors (Lipinski definition) is 0. The van der Waals surface area contributed by atoms with Crippen molar-refractivity contribution in [1.29, 1.82) is 0 Å². The van der Waals surface area contributed by atoms with Crippen molar-refractivity contribution < 1.29 is 13.7 Å². The summed E-state index contributed by atoms with van der Waals surface area (Å²) in [6.45, 7) is 2.10. The van der Waals surface area contributed by atoms with Gasteiger partial charge in [0, 0.05) is 17.8 Å². The van der Waals surface area contributed by atoms with E-state index in [-0.39, 0.29) is 11.9 Å². The van der Waals surface area contributed by atoms with Crippen LogP contribution in [0.15, 0.2) is 57.7 Å². The average molecular weight is 334 g/mol. The summed E-state index contributed by atoms with van der Waals surface area (Å²) in [7, 11) is 0. The number of benzene rings is 1. The van der Waals surface area contributed by atoms with E-state index in [1.54, 1.807) is 12.3 Å². The van der Waals surface area contributed by atoms with Crippen LogP contribution >= 0.6 is 0 Å². The minimum atomic E-state index is -0.556. The van der Waals surface area contributed by atoms with Crippen LogP contribution in [0.4, 0.5) is 5.69 Å². The molecule has 3 heterocycles. The smallest absolute Gasteiger partial charge is 0.239 e. The van der Waals surface area contributed by atoms with Crippen molar-refractivity contribution in [2.24, 2.45) is 0 Å². The van der Waals surface area contributed by atoms with Crippen molar-refractivity contribution >= 4 is 11.6 Å². The average Bonchev–Trinajstić information content (AvgIpc) is 3.00. The lowest BCUT2D eigenvalue weighted by Crippen LogP contribution is -2.42. The number of anilines is 1. The third-order valence-corrected chi connectivity index (χ3v) is 5.35. The minimum Gasteiger partial charge on any atom is -0.461 e. The first-order valence-corrected chi connectivity index (χ1v) is 8.62. The fourth-order valence-corrected chi connectivity index (χ4v) is 3.85. The van der Waals surface area contributed by atoms with E-state index in [4.69, 9.17) is 8.94 Å². The van der Waals surface area contributed by atoms with Crippen LogP contribution in [-0.2, 0) is 16.6 Å². The maximum absolute atomic E-state index is 13.4. The zero-order chi connectivity index (χ0) is 17.0. The summed E-state index contributed by atoms with van der Waals surface area (Å²) in [6, 6.07) is 13.8. The molecule has 1 aliphatic carbocycles. The highest BCUT2D eigenvalue weighted by molar-refractivity contribution is 6.04. The van der Waals surface area contributed by atoms with E-state index in [1.165, 1.54) is 5.56 Å². The summed E-state index contributed by atoms with van der Waals surface area (Å²) in [6.07, 6.45) is 4.11. The Balaban J connectivity index is 1.50. The summed E-state index contributed by atoms with van der Waals surface area (Å²) >= 11 is 0. The molecule has 0 bridgehead atoms. The Morgan fingerprint density at radius 2 is 2.04 bits per heavy atom. The molecule has 5 nitrogen and oxygen atoms in total. The molecule has 3 aromatic rings. The molecule has 25 heavy (non-hydrogen) atoms. The number of rotatable bonds is 3. The highest BCUT2D eigenvalue weighted by atomic mass is 16.5. The Morgan fingerprint density at radius 1 is 1.20 bits per heavy atom. The molecule has 1 atom stereocenters. The topological polar surface area (TPSA) is 59.5 Å². The second-order valence-electron chi connectivity index (χ2n) is 6.99. The third kappa shape index (κ3) is 2.08. The molecular formula is C20H18N2O3. The predicted octanol–water partition coefficient (Wildman–Crippen LogP) is 3.94. The number of hydrogen-bond acceptors (Lipinski definition) is 4. The molecule has 126 valence electrons. The monoisotopic (exact) mass is 334 g/mol. The zero-order valence-corrected chi connectivity index (χ0v) is 13.9. The molecule has 0 radical (unpaired) electrons. The van der Waals surface area contributed by atoms with Gasteiger partial charge in [-0.3, -0.25) is 4.79 Å². The van der Waals surface area contributed by atoms with Crippen molar-refractivity contribution in [2.75, 3.05) is 4.90 Å². The van der Waals surface area contributed by atoms with Crippen LogP contribution in [0.3, 0.4) is 0 Å². The lowest BCUT2D eigenvalue weighted by atomic mass is 9.99. The molecule has 1 aliphatic heterocycles. The zero-order valence-electron chi connectivity index (χ0n) is 13.9. The lowest BCUT2D eigenvalue weighted by Gasteiger charge is -2.26. The number of nitrogens with zero attached hydrogens (tertiary/aromatic N) is 2. The summed E-state index contributed by atoms with van der Waals surface area (Å²) in [5, 5.41) is 4.20. The Morgan fingerprint density at radius 3 is 2.80 bits per heavy atom. The summed E-state index contributed by atoms with van der Waals surface area (Å²) in [4.78, 5) is 15.4. The highest BCUT2D eigenvalue weighted by Crippen LogP contribution is 2.51. The number of carbonyl (C=O) groups is 1. The van der Waals surface area contributed by atoms with Gasteiger partial charge >= 0.3 is 0 Å². The number of amides is 1. The molecule has 0 saturated heterocycles. The lowest BCUT2D eigenvalue weighted by molar-refractivity contribution is -0.121. The summed E-state index contributed by atoms with van der Waals surface area (Å²) in [5.41, 5.74) is 2.41. The van der Waals surface area contributed by atoms with Gasteiger partial charge in [-0.2, -0.15) is 0 Å². The number of para-hydroxylation sites is 1. The second kappa shape index (κ2) is 5.09. The molecule has 0 spiro atoms. The molecule has 2 aromatic heterocycles. The highest BCUT2D eigenvalue weighted by Gasteiger charge is 2.57.